The fourth-order valence-electron chi connectivity index (χ4n) is 2.93. The average Bonchev–Trinajstić information content (AvgIpc) is 3.08. The van der Waals surface area contributed by atoms with Crippen LogP contribution in [0.1, 0.15) is 22.3 Å². The summed E-state index contributed by atoms with van der Waals surface area (Å²) in [5, 5.41) is 0. The zero-order valence-corrected chi connectivity index (χ0v) is 15.5. The van der Waals surface area contributed by atoms with E-state index >= 15 is 0 Å². The lowest BCUT2D eigenvalue weighted by molar-refractivity contribution is -0.129. The quantitative estimate of drug-likeness (QED) is 0.474. The van der Waals surface area contributed by atoms with Crippen molar-refractivity contribution in [2.75, 3.05) is 0 Å². The van der Waals surface area contributed by atoms with Gasteiger partial charge in [-0.25, -0.2) is 9.79 Å². The monoisotopic (exact) mass is 369 g/mol. The second kappa shape index (κ2) is 7.92. The van der Waals surface area contributed by atoms with Gasteiger partial charge in [-0.1, -0.05) is 60.7 Å². The number of rotatable bonds is 5. The molecular formula is C24H19NO3. The van der Waals surface area contributed by atoms with E-state index < -0.39 is 5.97 Å². The van der Waals surface area contributed by atoms with E-state index in [1.54, 1.807) is 6.08 Å². The summed E-state index contributed by atoms with van der Waals surface area (Å²) < 4.78 is 11.2. The minimum atomic E-state index is -0.450. The van der Waals surface area contributed by atoms with Gasteiger partial charge in [0, 0.05) is 5.56 Å². The van der Waals surface area contributed by atoms with E-state index in [2.05, 4.69) is 4.99 Å². The van der Waals surface area contributed by atoms with Gasteiger partial charge in [-0.15, -0.1) is 0 Å². The van der Waals surface area contributed by atoms with E-state index in [0.29, 0.717) is 12.5 Å². The molecule has 0 aliphatic carbocycles. The third kappa shape index (κ3) is 4.01. The van der Waals surface area contributed by atoms with Crippen molar-refractivity contribution in [3.63, 3.8) is 0 Å². The van der Waals surface area contributed by atoms with Crippen LogP contribution in [0, 0.1) is 6.92 Å². The molecule has 0 N–H and O–H groups in total. The first kappa shape index (κ1) is 17.7. The Morgan fingerprint density at radius 2 is 1.75 bits per heavy atom. The van der Waals surface area contributed by atoms with Crippen molar-refractivity contribution in [2.24, 2.45) is 4.99 Å². The topological polar surface area (TPSA) is 47.9 Å². The summed E-state index contributed by atoms with van der Waals surface area (Å²) in [4.78, 5) is 16.6. The lowest BCUT2D eigenvalue weighted by Gasteiger charge is -2.07. The smallest absolute Gasteiger partial charge is 0.363 e. The molecule has 0 saturated heterocycles. The Morgan fingerprint density at radius 1 is 0.964 bits per heavy atom. The molecular weight excluding hydrogens is 350 g/mol. The molecule has 0 aromatic heterocycles. The highest BCUT2D eigenvalue weighted by Crippen LogP contribution is 2.23. The molecule has 138 valence electrons. The Hall–Kier alpha value is -3.66. The van der Waals surface area contributed by atoms with Crippen molar-refractivity contribution >= 4 is 17.9 Å². The standard InChI is InChI=1S/C24H19NO3/c1-17-8-5-6-13-21(17)23-25-22(24(26)28-23)15-19-11-7-12-20(14-19)27-16-18-9-3-2-4-10-18/h2-15H,16H2,1H3/b22-15-. The summed E-state index contributed by atoms with van der Waals surface area (Å²) >= 11 is 0. The van der Waals surface area contributed by atoms with Crippen LogP contribution in [0.5, 0.6) is 5.75 Å². The first-order valence-corrected chi connectivity index (χ1v) is 9.04. The number of cyclic esters (lactones) is 1. The van der Waals surface area contributed by atoms with Crippen LogP contribution in [-0.4, -0.2) is 11.9 Å². The lowest BCUT2D eigenvalue weighted by atomic mass is 10.1. The second-order valence-corrected chi connectivity index (χ2v) is 6.50. The molecule has 4 rings (SSSR count). The van der Waals surface area contributed by atoms with Crippen LogP contribution in [0.2, 0.25) is 0 Å². The van der Waals surface area contributed by atoms with Gasteiger partial charge in [-0.3, -0.25) is 0 Å². The summed E-state index contributed by atoms with van der Waals surface area (Å²) in [6.07, 6.45) is 1.71. The Bertz CT molecular complexity index is 1070. The van der Waals surface area contributed by atoms with E-state index in [-0.39, 0.29) is 5.70 Å². The van der Waals surface area contributed by atoms with Crippen molar-refractivity contribution < 1.29 is 14.3 Å². The highest BCUT2D eigenvalue weighted by molar-refractivity contribution is 6.13. The largest absolute Gasteiger partial charge is 0.489 e. The van der Waals surface area contributed by atoms with E-state index in [1.165, 1.54) is 0 Å². The molecule has 1 aliphatic rings. The highest BCUT2D eigenvalue weighted by atomic mass is 16.6. The summed E-state index contributed by atoms with van der Waals surface area (Å²) in [6.45, 7) is 2.44. The maximum absolute atomic E-state index is 12.2. The summed E-state index contributed by atoms with van der Waals surface area (Å²) in [7, 11) is 0. The fourth-order valence-corrected chi connectivity index (χ4v) is 2.93. The molecule has 0 atom stereocenters. The van der Waals surface area contributed by atoms with Gasteiger partial charge >= 0.3 is 5.97 Å². The highest BCUT2D eigenvalue weighted by Gasteiger charge is 2.24. The molecule has 0 bridgehead atoms. The van der Waals surface area contributed by atoms with Gasteiger partial charge < -0.3 is 9.47 Å². The summed E-state index contributed by atoms with van der Waals surface area (Å²) in [5.41, 5.74) is 4.02. The van der Waals surface area contributed by atoms with Crippen molar-refractivity contribution in [2.45, 2.75) is 13.5 Å². The van der Waals surface area contributed by atoms with Gasteiger partial charge in [-0.2, -0.15) is 0 Å². The minimum absolute atomic E-state index is 0.276. The van der Waals surface area contributed by atoms with E-state index in [4.69, 9.17) is 9.47 Å². The second-order valence-electron chi connectivity index (χ2n) is 6.50. The van der Waals surface area contributed by atoms with Gasteiger partial charge in [0.25, 0.3) is 0 Å². The Labute approximate surface area is 163 Å². The van der Waals surface area contributed by atoms with Crippen molar-refractivity contribution in [1.82, 2.24) is 0 Å². The SMILES string of the molecule is Cc1ccccc1C1=N/C(=C\c2cccc(OCc3ccccc3)c2)C(=O)O1. The summed E-state index contributed by atoms with van der Waals surface area (Å²) in [6, 6.07) is 25.2. The van der Waals surface area contributed by atoms with Gasteiger partial charge in [0.05, 0.1) is 0 Å². The molecule has 1 aliphatic heterocycles. The van der Waals surface area contributed by atoms with Crippen LogP contribution < -0.4 is 4.74 Å². The van der Waals surface area contributed by atoms with Crippen LogP contribution in [0.4, 0.5) is 0 Å². The maximum Gasteiger partial charge on any atom is 0.363 e. The third-order valence-electron chi connectivity index (χ3n) is 4.41. The molecule has 0 saturated carbocycles. The average molecular weight is 369 g/mol. The van der Waals surface area contributed by atoms with Gasteiger partial charge in [0.2, 0.25) is 5.90 Å². The zero-order valence-electron chi connectivity index (χ0n) is 15.5. The Balaban J connectivity index is 1.54. The van der Waals surface area contributed by atoms with Gasteiger partial charge in [-0.05, 0) is 47.9 Å². The van der Waals surface area contributed by atoms with Crippen molar-refractivity contribution in [3.05, 3.63) is 107 Å². The molecule has 3 aromatic rings. The number of carbonyl (C=O) groups excluding carboxylic acids is 1. The lowest BCUT2D eigenvalue weighted by Crippen LogP contribution is -2.06. The van der Waals surface area contributed by atoms with E-state index in [1.807, 2.05) is 85.8 Å². The van der Waals surface area contributed by atoms with E-state index in [9.17, 15) is 4.79 Å². The van der Waals surface area contributed by atoms with Gasteiger partial charge in [0.15, 0.2) is 5.70 Å². The molecule has 28 heavy (non-hydrogen) atoms. The number of hydrogen-bond acceptors (Lipinski definition) is 4. The fraction of sp³-hybridized carbons (Fsp3) is 0.0833. The van der Waals surface area contributed by atoms with Crippen LogP contribution >= 0.6 is 0 Å². The number of carbonyl (C=O) groups is 1. The van der Waals surface area contributed by atoms with Crippen molar-refractivity contribution in [1.29, 1.82) is 0 Å². The maximum atomic E-state index is 12.2. The molecule has 4 nitrogen and oxygen atoms in total. The van der Waals surface area contributed by atoms with Gasteiger partial charge in [0.1, 0.15) is 12.4 Å². The third-order valence-corrected chi connectivity index (χ3v) is 4.41. The molecule has 0 unspecified atom stereocenters. The predicted molar refractivity (Wildman–Crippen MR) is 109 cm³/mol. The first-order valence-electron chi connectivity index (χ1n) is 9.04. The number of hydrogen-bond donors (Lipinski definition) is 0. The molecule has 0 spiro atoms. The van der Waals surface area contributed by atoms with Crippen LogP contribution in [-0.2, 0) is 16.1 Å². The normalized spacial score (nSPS) is 14.7. The molecule has 0 radical (unpaired) electrons. The number of aliphatic imine (C=N–C) groups is 1. The summed E-state index contributed by atoms with van der Waals surface area (Å²) in [5.74, 6) is 0.618. The number of aryl methyl sites for hydroxylation is 1. The molecule has 3 aromatic carbocycles. The minimum Gasteiger partial charge on any atom is -0.489 e. The molecule has 0 amide bonds. The Morgan fingerprint density at radius 3 is 2.57 bits per heavy atom. The number of nitrogens with zero attached hydrogens (tertiary/aromatic N) is 1. The first-order chi connectivity index (χ1) is 13.7. The number of ether oxygens (including phenoxy) is 2. The number of esters is 1. The Kier molecular flexibility index (Phi) is 5.02. The van der Waals surface area contributed by atoms with Crippen molar-refractivity contribution in [3.8, 4) is 5.75 Å². The number of benzene rings is 3. The molecule has 4 heteroatoms. The molecule has 0 fully saturated rings. The van der Waals surface area contributed by atoms with Crippen LogP contribution in [0.15, 0.2) is 89.6 Å². The molecule has 1 heterocycles. The van der Waals surface area contributed by atoms with Crippen LogP contribution in [0.25, 0.3) is 6.08 Å². The van der Waals surface area contributed by atoms with Crippen LogP contribution in [0.3, 0.4) is 0 Å². The zero-order chi connectivity index (χ0) is 19.3. The predicted octanol–water partition coefficient (Wildman–Crippen LogP) is 4.92. The van der Waals surface area contributed by atoms with E-state index in [0.717, 1.165) is 28.0 Å².